The summed E-state index contributed by atoms with van der Waals surface area (Å²) in [5, 5.41) is 2.20. The van der Waals surface area contributed by atoms with Crippen LogP contribution in [0.5, 0.6) is 0 Å². The van der Waals surface area contributed by atoms with Gasteiger partial charge in [0.15, 0.2) is 0 Å². The van der Waals surface area contributed by atoms with Crippen molar-refractivity contribution in [1.29, 1.82) is 0 Å². The quantitative estimate of drug-likeness (QED) is 0.536. The molecular formula is C15H17N. The molecule has 0 saturated heterocycles. The Morgan fingerprint density at radius 1 is 1.31 bits per heavy atom. The Morgan fingerprint density at radius 3 is 2.75 bits per heavy atom. The molecule has 1 aromatic rings. The van der Waals surface area contributed by atoms with Gasteiger partial charge in [-0.25, -0.2) is 0 Å². The number of hydrogen-bond donors (Lipinski definition) is 0. The smallest absolute Gasteiger partial charge is 0.0277 e. The highest BCUT2D eigenvalue weighted by atomic mass is 14.6. The van der Waals surface area contributed by atoms with Gasteiger partial charge in [-0.3, -0.25) is 4.99 Å². The molecule has 0 radical (unpaired) electrons. The van der Waals surface area contributed by atoms with Crippen LogP contribution in [0.2, 0.25) is 0 Å². The molecule has 1 aromatic carbocycles. The maximum Gasteiger partial charge on any atom is 0.0277 e. The van der Waals surface area contributed by atoms with E-state index in [1.807, 2.05) is 30.4 Å². The zero-order valence-corrected chi connectivity index (χ0v) is 9.85. The molecule has 0 bridgehead atoms. The zero-order chi connectivity index (χ0) is 11.8. The van der Waals surface area contributed by atoms with Crippen molar-refractivity contribution in [2.24, 2.45) is 4.99 Å². The third-order valence-electron chi connectivity index (χ3n) is 2.18. The van der Waals surface area contributed by atoms with Gasteiger partial charge in [-0.05, 0) is 23.4 Å². The van der Waals surface area contributed by atoms with Crippen LogP contribution in [0.4, 0.5) is 0 Å². The largest absolute Gasteiger partial charge is 0.297 e. The lowest BCUT2D eigenvalue weighted by molar-refractivity contribution is 1.47. The molecule has 0 aromatic heterocycles. The van der Waals surface area contributed by atoms with E-state index in [1.54, 1.807) is 13.3 Å². The second-order valence-corrected chi connectivity index (χ2v) is 3.54. The monoisotopic (exact) mass is 211 g/mol. The second-order valence-electron chi connectivity index (χ2n) is 3.54. The summed E-state index contributed by atoms with van der Waals surface area (Å²) < 4.78 is 0. The van der Waals surface area contributed by atoms with Gasteiger partial charge in [0.25, 0.3) is 0 Å². The lowest BCUT2D eigenvalue weighted by atomic mass is 10.2. The fourth-order valence-electron chi connectivity index (χ4n) is 1.25. The molecule has 16 heavy (non-hydrogen) atoms. The summed E-state index contributed by atoms with van der Waals surface area (Å²) >= 11 is 0. The number of rotatable bonds is 3. The van der Waals surface area contributed by atoms with Crippen molar-refractivity contribution in [2.45, 2.75) is 6.92 Å². The van der Waals surface area contributed by atoms with Crippen LogP contribution in [0.3, 0.4) is 0 Å². The van der Waals surface area contributed by atoms with Gasteiger partial charge in [-0.15, -0.1) is 0 Å². The van der Waals surface area contributed by atoms with Gasteiger partial charge in [0, 0.05) is 13.3 Å². The first-order chi connectivity index (χ1) is 7.74. The van der Waals surface area contributed by atoms with Crippen molar-refractivity contribution in [3.63, 3.8) is 0 Å². The van der Waals surface area contributed by atoms with E-state index in [-0.39, 0.29) is 0 Å². The van der Waals surface area contributed by atoms with E-state index in [2.05, 4.69) is 36.7 Å². The Hall–Kier alpha value is -1.89. The minimum Gasteiger partial charge on any atom is -0.297 e. The Kier molecular flexibility index (Phi) is 5.00. The fourth-order valence-corrected chi connectivity index (χ4v) is 1.25. The predicted octanol–water partition coefficient (Wildman–Crippen LogP) is 2.08. The number of allylic oxidation sites excluding steroid dienone is 4. The molecule has 0 aliphatic rings. The standard InChI is InChI=1S/C15H17N/c1-13(7-6-12-16-3)10-11-15-9-5-4-8-14(15)2/h4-12H,2H2,1,3H3/b7-6-,13-10+,15-11-,16-12-. The molecule has 82 valence electrons. The van der Waals surface area contributed by atoms with Crippen molar-refractivity contribution in [1.82, 2.24) is 0 Å². The van der Waals surface area contributed by atoms with Gasteiger partial charge in [-0.1, -0.05) is 54.6 Å². The normalized spacial score (nSPS) is 14.1. The van der Waals surface area contributed by atoms with Gasteiger partial charge in [0.2, 0.25) is 0 Å². The van der Waals surface area contributed by atoms with E-state index in [4.69, 9.17) is 0 Å². The summed E-state index contributed by atoms with van der Waals surface area (Å²) in [5.41, 5.74) is 1.18. The highest BCUT2D eigenvalue weighted by Gasteiger charge is 1.80. The number of aliphatic imine (C=N–C) groups is 1. The van der Waals surface area contributed by atoms with Crippen LogP contribution in [0.25, 0.3) is 12.7 Å². The van der Waals surface area contributed by atoms with Gasteiger partial charge in [0.05, 0.1) is 0 Å². The van der Waals surface area contributed by atoms with Crippen LogP contribution >= 0.6 is 0 Å². The van der Waals surface area contributed by atoms with Gasteiger partial charge >= 0.3 is 0 Å². The Labute approximate surface area is 96.9 Å². The molecular weight excluding hydrogens is 194 g/mol. The molecule has 0 amide bonds. The van der Waals surface area contributed by atoms with E-state index in [0.29, 0.717) is 0 Å². The van der Waals surface area contributed by atoms with Crippen molar-refractivity contribution in [3.05, 3.63) is 58.5 Å². The molecule has 0 heterocycles. The molecule has 1 nitrogen and oxygen atoms in total. The maximum absolute atomic E-state index is 3.97. The first-order valence-corrected chi connectivity index (χ1v) is 5.25. The summed E-state index contributed by atoms with van der Waals surface area (Å²) in [6, 6.07) is 8.08. The highest BCUT2D eigenvalue weighted by molar-refractivity contribution is 5.71. The first-order valence-electron chi connectivity index (χ1n) is 5.25. The van der Waals surface area contributed by atoms with Crippen molar-refractivity contribution < 1.29 is 0 Å². The van der Waals surface area contributed by atoms with Crippen molar-refractivity contribution in [3.8, 4) is 0 Å². The molecule has 1 heteroatoms. The molecule has 0 saturated carbocycles. The summed E-state index contributed by atoms with van der Waals surface area (Å²) in [6.07, 6.45) is 9.87. The SMILES string of the molecule is C=c1cccc/c1=C/C=C(C)/C=C\C=N/C. The van der Waals surface area contributed by atoms with E-state index in [0.717, 1.165) is 10.4 Å². The van der Waals surface area contributed by atoms with Crippen LogP contribution in [-0.2, 0) is 0 Å². The molecule has 0 unspecified atom stereocenters. The lowest BCUT2D eigenvalue weighted by Gasteiger charge is -1.88. The zero-order valence-electron chi connectivity index (χ0n) is 9.85. The number of benzene rings is 1. The third kappa shape index (κ3) is 4.09. The molecule has 0 aliphatic carbocycles. The average molecular weight is 211 g/mol. The second kappa shape index (κ2) is 6.57. The number of nitrogens with zero attached hydrogens (tertiary/aromatic N) is 1. The molecule has 0 atom stereocenters. The molecule has 1 rings (SSSR count). The Balaban J connectivity index is 2.91. The van der Waals surface area contributed by atoms with Crippen molar-refractivity contribution >= 4 is 18.9 Å². The summed E-state index contributed by atoms with van der Waals surface area (Å²) in [6.45, 7) is 6.03. The number of hydrogen-bond acceptors (Lipinski definition) is 1. The van der Waals surface area contributed by atoms with Crippen LogP contribution < -0.4 is 10.4 Å². The van der Waals surface area contributed by atoms with Crippen LogP contribution in [0.15, 0.2) is 53.1 Å². The van der Waals surface area contributed by atoms with Crippen LogP contribution in [-0.4, -0.2) is 13.3 Å². The predicted molar refractivity (Wildman–Crippen MR) is 73.0 cm³/mol. The van der Waals surface area contributed by atoms with Gasteiger partial charge in [0.1, 0.15) is 0 Å². The van der Waals surface area contributed by atoms with E-state index in [9.17, 15) is 0 Å². The highest BCUT2D eigenvalue weighted by Crippen LogP contribution is 1.93. The van der Waals surface area contributed by atoms with E-state index < -0.39 is 0 Å². The third-order valence-corrected chi connectivity index (χ3v) is 2.18. The first kappa shape index (κ1) is 12.2. The summed E-state index contributed by atoms with van der Waals surface area (Å²) in [4.78, 5) is 3.88. The van der Waals surface area contributed by atoms with E-state index in [1.165, 1.54) is 5.57 Å². The summed E-state index contributed by atoms with van der Waals surface area (Å²) in [5.74, 6) is 0. The topological polar surface area (TPSA) is 12.4 Å². The van der Waals surface area contributed by atoms with Gasteiger partial charge < -0.3 is 0 Å². The summed E-state index contributed by atoms with van der Waals surface area (Å²) in [7, 11) is 1.76. The Morgan fingerprint density at radius 2 is 2.06 bits per heavy atom. The Bertz CT molecular complexity index is 519. The molecule has 0 spiro atoms. The minimum atomic E-state index is 1.05. The van der Waals surface area contributed by atoms with Gasteiger partial charge in [-0.2, -0.15) is 0 Å². The molecule has 0 N–H and O–H groups in total. The fraction of sp³-hybridized carbons (Fsp3) is 0.133. The molecule has 0 aliphatic heterocycles. The molecule has 0 fully saturated rings. The van der Waals surface area contributed by atoms with Crippen LogP contribution in [0.1, 0.15) is 6.92 Å². The van der Waals surface area contributed by atoms with Crippen LogP contribution in [0, 0.1) is 0 Å². The van der Waals surface area contributed by atoms with E-state index >= 15 is 0 Å². The lowest BCUT2D eigenvalue weighted by Crippen LogP contribution is -2.21. The minimum absolute atomic E-state index is 1.05. The average Bonchev–Trinajstić information content (AvgIpc) is 2.28. The maximum atomic E-state index is 3.97. The van der Waals surface area contributed by atoms with Crippen molar-refractivity contribution in [2.75, 3.05) is 7.05 Å².